The molecule has 0 aliphatic heterocycles. The van der Waals surface area contributed by atoms with E-state index in [9.17, 15) is 13.5 Å². The number of nitrogen functional groups attached to an aromatic ring is 1. The minimum atomic E-state index is -3.34. The first-order valence-electron chi connectivity index (χ1n) is 10.4. The fraction of sp³-hybridized carbons (Fsp3) is 0.250. The highest BCUT2D eigenvalue weighted by atomic mass is 32.2. The molecule has 0 aromatic heterocycles. The first-order valence-corrected chi connectivity index (χ1v) is 12.3. The van der Waals surface area contributed by atoms with Crippen LogP contribution in [0.1, 0.15) is 16.7 Å². The van der Waals surface area contributed by atoms with Gasteiger partial charge in [0.25, 0.3) is 0 Å². The van der Waals surface area contributed by atoms with Crippen LogP contribution in [-0.2, 0) is 22.9 Å². The minimum absolute atomic E-state index is 0.347. The van der Waals surface area contributed by atoms with E-state index in [1.807, 2.05) is 24.3 Å². The molecule has 1 atom stereocenters. The van der Waals surface area contributed by atoms with Crippen LogP contribution in [0.15, 0.2) is 60.7 Å². The molecule has 168 valence electrons. The van der Waals surface area contributed by atoms with E-state index in [2.05, 4.69) is 28.2 Å². The maximum Gasteiger partial charge on any atom is 0.229 e. The molecule has 1 aliphatic carbocycles. The molecule has 3 aromatic carbocycles. The second kappa shape index (κ2) is 9.20. The van der Waals surface area contributed by atoms with Crippen LogP contribution in [0.25, 0.3) is 11.1 Å². The van der Waals surface area contributed by atoms with Crippen molar-refractivity contribution < 1.29 is 18.3 Å². The summed E-state index contributed by atoms with van der Waals surface area (Å²) < 4.78 is 31.0. The molecule has 1 unspecified atom stereocenters. The zero-order chi connectivity index (χ0) is 22.7. The Hall–Kier alpha value is -3.07. The van der Waals surface area contributed by atoms with Gasteiger partial charge in [-0.25, -0.2) is 8.42 Å². The number of nitrogens with one attached hydrogen (secondary N) is 2. The Kier molecular flexibility index (Phi) is 6.36. The summed E-state index contributed by atoms with van der Waals surface area (Å²) in [6.07, 6.45) is 1.52. The van der Waals surface area contributed by atoms with Gasteiger partial charge in [0.1, 0.15) is 18.6 Å². The van der Waals surface area contributed by atoms with Gasteiger partial charge in [0.15, 0.2) is 0 Å². The Morgan fingerprint density at radius 1 is 1.06 bits per heavy atom. The molecule has 0 saturated heterocycles. The lowest BCUT2D eigenvalue weighted by Gasteiger charge is -2.14. The van der Waals surface area contributed by atoms with Gasteiger partial charge in [-0.3, -0.25) is 10.0 Å². The number of aliphatic hydroxyl groups is 1. The number of fused-ring (bicyclic) bond motifs is 3. The molecule has 0 fully saturated rings. The van der Waals surface area contributed by atoms with E-state index in [4.69, 9.17) is 10.5 Å². The number of hydrogen-bond acceptors (Lipinski definition) is 6. The zero-order valence-corrected chi connectivity index (χ0v) is 18.7. The molecule has 1 aliphatic rings. The smallest absolute Gasteiger partial charge is 0.229 e. The summed E-state index contributed by atoms with van der Waals surface area (Å²) in [5.74, 6) is 0.792. The van der Waals surface area contributed by atoms with Gasteiger partial charge < -0.3 is 15.6 Å². The number of ether oxygens (including phenoxy) is 1. The van der Waals surface area contributed by atoms with Gasteiger partial charge >= 0.3 is 0 Å². The second-order valence-electron chi connectivity index (χ2n) is 8.01. The molecule has 7 nitrogen and oxygen atoms in total. The second-order valence-corrected chi connectivity index (χ2v) is 9.76. The topological polar surface area (TPSA) is 114 Å². The Bertz CT molecular complexity index is 1230. The monoisotopic (exact) mass is 453 g/mol. The number of sulfonamides is 1. The standard InChI is InChI=1S/C24H27N3O4S/c1-32(29,30)27-20-4-2-3-16(11-20)12-24(28)26-9-10-31-21-6-8-23-18(15-21)13-17-14-19(25)5-7-22(17)23/h2-8,11,14-15,24,26-28H,9-10,12-13,25H2,1H3. The molecule has 0 radical (unpaired) electrons. The summed E-state index contributed by atoms with van der Waals surface area (Å²) >= 11 is 0. The molecular weight excluding hydrogens is 426 g/mol. The van der Waals surface area contributed by atoms with E-state index in [0.717, 1.165) is 29.7 Å². The average molecular weight is 454 g/mol. The van der Waals surface area contributed by atoms with Crippen LogP contribution in [-0.4, -0.2) is 39.2 Å². The summed E-state index contributed by atoms with van der Waals surface area (Å²) in [5, 5.41) is 13.3. The molecule has 32 heavy (non-hydrogen) atoms. The largest absolute Gasteiger partial charge is 0.492 e. The predicted octanol–water partition coefficient (Wildman–Crippen LogP) is 2.74. The third-order valence-electron chi connectivity index (χ3n) is 5.29. The highest BCUT2D eigenvalue weighted by Crippen LogP contribution is 2.39. The molecule has 0 spiro atoms. The van der Waals surface area contributed by atoms with Gasteiger partial charge in [0.05, 0.1) is 6.26 Å². The zero-order valence-electron chi connectivity index (χ0n) is 17.8. The van der Waals surface area contributed by atoms with Crippen molar-refractivity contribution in [1.29, 1.82) is 0 Å². The maximum atomic E-state index is 11.4. The Balaban J connectivity index is 1.25. The molecule has 0 amide bonds. The third kappa shape index (κ3) is 5.59. The highest BCUT2D eigenvalue weighted by molar-refractivity contribution is 7.92. The van der Waals surface area contributed by atoms with Crippen molar-refractivity contribution >= 4 is 21.4 Å². The van der Waals surface area contributed by atoms with Gasteiger partial charge in [0.2, 0.25) is 10.0 Å². The van der Waals surface area contributed by atoms with Crippen molar-refractivity contribution in [2.75, 3.05) is 29.9 Å². The average Bonchev–Trinajstić information content (AvgIpc) is 3.06. The van der Waals surface area contributed by atoms with Crippen molar-refractivity contribution in [3.05, 3.63) is 77.4 Å². The molecule has 4 rings (SSSR count). The predicted molar refractivity (Wildman–Crippen MR) is 127 cm³/mol. The van der Waals surface area contributed by atoms with Crippen molar-refractivity contribution in [3.8, 4) is 16.9 Å². The summed E-state index contributed by atoms with van der Waals surface area (Å²) in [7, 11) is -3.34. The Morgan fingerprint density at radius 2 is 1.81 bits per heavy atom. The van der Waals surface area contributed by atoms with E-state index < -0.39 is 16.3 Å². The van der Waals surface area contributed by atoms with Crippen molar-refractivity contribution in [3.63, 3.8) is 0 Å². The van der Waals surface area contributed by atoms with E-state index >= 15 is 0 Å². The number of anilines is 2. The maximum absolute atomic E-state index is 11.4. The molecule has 3 aromatic rings. The third-order valence-corrected chi connectivity index (χ3v) is 5.89. The van der Waals surface area contributed by atoms with Crippen LogP contribution in [0, 0.1) is 0 Å². The first-order chi connectivity index (χ1) is 15.3. The van der Waals surface area contributed by atoms with Crippen molar-refractivity contribution in [2.45, 2.75) is 19.1 Å². The van der Waals surface area contributed by atoms with Gasteiger partial charge in [-0.15, -0.1) is 0 Å². The molecule has 5 N–H and O–H groups in total. The van der Waals surface area contributed by atoms with Crippen LogP contribution >= 0.6 is 0 Å². The van der Waals surface area contributed by atoms with Crippen LogP contribution < -0.4 is 20.5 Å². The van der Waals surface area contributed by atoms with Crippen LogP contribution in [0.5, 0.6) is 5.75 Å². The summed E-state index contributed by atoms with van der Waals surface area (Å²) in [5.41, 5.74) is 12.9. The lowest BCUT2D eigenvalue weighted by molar-refractivity contribution is 0.130. The van der Waals surface area contributed by atoms with E-state index in [0.29, 0.717) is 25.3 Å². The molecule has 0 heterocycles. The number of hydrogen-bond donors (Lipinski definition) is 4. The Morgan fingerprint density at radius 3 is 2.59 bits per heavy atom. The Labute approximate surface area is 188 Å². The van der Waals surface area contributed by atoms with Crippen molar-refractivity contribution in [1.82, 2.24) is 5.32 Å². The van der Waals surface area contributed by atoms with Crippen molar-refractivity contribution in [2.24, 2.45) is 0 Å². The SMILES string of the molecule is CS(=O)(=O)Nc1cccc(CC(O)NCCOc2ccc3c(c2)Cc2cc(N)ccc2-3)c1. The van der Waals surface area contributed by atoms with E-state index in [1.165, 1.54) is 22.3 Å². The first kappa shape index (κ1) is 22.1. The highest BCUT2D eigenvalue weighted by Gasteiger charge is 2.19. The van der Waals surface area contributed by atoms with E-state index in [-0.39, 0.29) is 0 Å². The summed E-state index contributed by atoms with van der Waals surface area (Å²) in [6, 6.07) is 19.1. The van der Waals surface area contributed by atoms with Gasteiger partial charge in [-0.05, 0) is 70.6 Å². The molecule has 0 saturated carbocycles. The van der Waals surface area contributed by atoms with Crippen LogP contribution in [0.4, 0.5) is 11.4 Å². The van der Waals surface area contributed by atoms with Gasteiger partial charge in [-0.1, -0.05) is 24.3 Å². The quantitative estimate of drug-likeness (QED) is 0.176. The minimum Gasteiger partial charge on any atom is -0.492 e. The van der Waals surface area contributed by atoms with Crippen LogP contribution in [0.2, 0.25) is 0 Å². The summed E-state index contributed by atoms with van der Waals surface area (Å²) in [6.45, 7) is 0.877. The van der Waals surface area contributed by atoms with Gasteiger partial charge in [-0.2, -0.15) is 0 Å². The van der Waals surface area contributed by atoms with Gasteiger partial charge in [0, 0.05) is 24.3 Å². The number of aliphatic hydroxyl groups excluding tert-OH is 1. The van der Waals surface area contributed by atoms with Crippen LogP contribution in [0.3, 0.4) is 0 Å². The molecule has 0 bridgehead atoms. The number of nitrogens with two attached hydrogens (primary N) is 1. The van der Waals surface area contributed by atoms with E-state index in [1.54, 1.807) is 18.2 Å². The number of benzene rings is 3. The molecular formula is C24H27N3O4S. The fourth-order valence-corrected chi connectivity index (χ4v) is 4.52. The molecule has 8 heteroatoms. The fourth-order valence-electron chi connectivity index (χ4n) is 3.96. The lowest BCUT2D eigenvalue weighted by atomic mass is 10.1. The number of rotatable bonds is 9. The summed E-state index contributed by atoms with van der Waals surface area (Å²) in [4.78, 5) is 0. The lowest BCUT2D eigenvalue weighted by Crippen LogP contribution is -2.34. The normalized spacial score (nSPS) is 13.3.